The zero-order valence-electron chi connectivity index (χ0n) is 17.2. The maximum Gasteiger partial charge on any atom is 2.00 e. The Kier molecular flexibility index (Phi) is 26.6. The van der Waals surface area contributed by atoms with E-state index in [9.17, 15) is 0 Å². The molecule has 0 aromatic heterocycles. The number of halogens is 2. The topological polar surface area (TPSA) is 191 Å². The average Bonchev–Trinajstić information content (AvgIpc) is 2.54. The molecule has 0 aromatic rings. The zero-order valence-corrected chi connectivity index (χ0v) is 21.3. The van der Waals surface area contributed by atoms with Crippen LogP contribution in [0.15, 0.2) is 0 Å². The quantitative estimate of drug-likeness (QED) is 0.294. The van der Waals surface area contributed by atoms with Gasteiger partial charge in [0.05, 0.1) is 0 Å². The van der Waals surface area contributed by atoms with Crippen LogP contribution in [0.2, 0.25) is 0 Å². The number of unbranched alkanes of at least 4 members (excludes halogenated alkanes) is 1. The fraction of sp³-hybridized carbons (Fsp3) is 1.00. The molecule has 1 heterocycles. The molecular formula is C15H32Cl2CuN2O8S2. The first-order valence-electron chi connectivity index (χ1n) is 9.12. The van der Waals surface area contributed by atoms with Crippen molar-refractivity contribution in [3.05, 3.63) is 0 Å². The second kappa shape index (κ2) is 22.2. The largest absolute Gasteiger partial charge is 2.00 e. The molecule has 0 unspecified atom stereocenters. The average molecular weight is 567 g/mol. The fourth-order valence-corrected chi connectivity index (χ4v) is 4.31. The molecule has 0 saturated carbocycles. The van der Waals surface area contributed by atoms with E-state index in [1.54, 1.807) is 0 Å². The van der Waals surface area contributed by atoms with Crippen LogP contribution in [0.4, 0.5) is 0 Å². The number of hydrogen-bond donors (Lipinski definition) is 0. The molecule has 1 rings (SSSR count). The summed E-state index contributed by atoms with van der Waals surface area (Å²) in [5.41, 5.74) is 0. The third-order valence-corrected chi connectivity index (χ3v) is 5.99. The first-order chi connectivity index (χ1) is 13.3. The van der Waals surface area contributed by atoms with Crippen LogP contribution in [0.3, 0.4) is 0 Å². The van der Waals surface area contributed by atoms with Crippen LogP contribution in [-0.2, 0) is 17.1 Å². The Labute approximate surface area is 202 Å². The SMILES string of the molecule is CCCCN1CCCSCCSCCCN(C)CC1.[Cu+2].[O-][Cl+3]([O-])([O-])[O-].[O-][Cl+3]([O-])([O-])[O-]. The van der Waals surface area contributed by atoms with Gasteiger partial charge >= 0.3 is 17.1 Å². The molecule has 30 heavy (non-hydrogen) atoms. The van der Waals surface area contributed by atoms with Crippen molar-refractivity contribution < 1.29 is 74.8 Å². The minimum Gasteiger partial charge on any atom is -0.305 e. The molecular weight excluding hydrogens is 535 g/mol. The molecule has 15 heteroatoms. The fourth-order valence-electron chi connectivity index (χ4n) is 2.29. The molecule has 0 amide bonds. The smallest absolute Gasteiger partial charge is 0.305 e. The molecule has 0 bridgehead atoms. The third kappa shape index (κ3) is 43.3. The predicted octanol–water partition coefficient (Wildman–Crippen LogP) is -6.23. The van der Waals surface area contributed by atoms with Gasteiger partial charge < -0.3 is 9.80 Å². The van der Waals surface area contributed by atoms with Crippen molar-refractivity contribution in [3.63, 3.8) is 0 Å². The number of likely N-dealkylation sites (N-methyl/N-ethyl adjacent to an activating group) is 1. The molecule has 0 N–H and O–H groups in total. The number of hydrogen-bond acceptors (Lipinski definition) is 12. The van der Waals surface area contributed by atoms with E-state index in [2.05, 4.69) is 47.3 Å². The van der Waals surface area contributed by atoms with Gasteiger partial charge in [0.2, 0.25) is 0 Å². The molecule has 0 aromatic carbocycles. The molecule has 0 aliphatic carbocycles. The molecule has 1 radical (unpaired) electrons. The summed E-state index contributed by atoms with van der Waals surface area (Å²) in [6, 6.07) is 0. The summed E-state index contributed by atoms with van der Waals surface area (Å²) < 4.78 is 67.9. The monoisotopic (exact) mass is 565 g/mol. The zero-order chi connectivity index (χ0) is 22.8. The van der Waals surface area contributed by atoms with E-state index in [1.807, 2.05) is 0 Å². The Morgan fingerprint density at radius 1 is 0.700 bits per heavy atom. The Balaban J connectivity index is -0.000000553. The summed E-state index contributed by atoms with van der Waals surface area (Å²) in [5.74, 6) is 5.37. The van der Waals surface area contributed by atoms with Crippen LogP contribution in [0.25, 0.3) is 0 Å². The summed E-state index contributed by atoms with van der Waals surface area (Å²) in [7, 11) is -7.61. The van der Waals surface area contributed by atoms with Gasteiger partial charge in [0, 0.05) is 24.6 Å². The van der Waals surface area contributed by atoms with E-state index in [0.29, 0.717) is 0 Å². The second-order valence-corrected chi connectivity index (χ2v) is 10.1. The first kappa shape index (κ1) is 36.0. The number of rotatable bonds is 3. The van der Waals surface area contributed by atoms with E-state index < -0.39 is 20.5 Å². The molecule has 0 spiro atoms. The van der Waals surface area contributed by atoms with Crippen LogP contribution in [0.5, 0.6) is 0 Å². The molecule has 1 aliphatic heterocycles. The normalized spacial score (nSPS) is 18.6. The van der Waals surface area contributed by atoms with Gasteiger partial charge in [0.1, 0.15) is 0 Å². The molecule has 10 nitrogen and oxygen atoms in total. The van der Waals surface area contributed by atoms with Crippen LogP contribution >= 0.6 is 23.5 Å². The van der Waals surface area contributed by atoms with E-state index in [4.69, 9.17) is 37.3 Å². The van der Waals surface area contributed by atoms with Crippen molar-refractivity contribution in [2.45, 2.75) is 32.6 Å². The van der Waals surface area contributed by atoms with Gasteiger partial charge in [-0.25, -0.2) is 37.3 Å². The predicted molar refractivity (Wildman–Crippen MR) is 92.7 cm³/mol. The minimum atomic E-state index is -4.94. The Bertz CT molecular complexity index is 349. The van der Waals surface area contributed by atoms with E-state index in [-0.39, 0.29) is 17.1 Å². The Hall–Kier alpha value is 1.40. The third-order valence-electron chi connectivity index (χ3n) is 3.59. The molecule has 1 saturated heterocycles. The van der Waals surface area contributed by atoms with Crippen LogP contribution in [0, 0.1) is 20.5 Å². The van der Waals surface area contributed by atoms with Gasteiger partial charge in [-0.3, -0.25) is 0 Å². The van der Waals surface area contributed by atoms with E-state index in [1.165, 1.54) is 81.4 Å². The minimum absolute atomic E-state index is 0. The summed E-state index contributed by atoms with van der Waals surface area (Å²) >= 11 is 4.28. The van der Waals surface area contributed by atoms with Gasteiger partial charge in [-0.1, -0.05) is 13.3 Å². The van der Waals surface area contributed by atoms with Crippen molar-refractivity contribution in [1.82, 2.24) is 9.80 Å². The Morgan fingerprint density at radius 3 is 1.57 bits per heavy atom. The molecule has 1 aliphatic rings. The van der Waals surface area contributed by atoms with Gasteiger partial charge in [-0.15, -0.1) is 20.5 Å². The first-order valence-corrected chi connectivity index (χ1v) is 13.9. The van der Waals surface area contributed by atoms with Crippen LogP contribution in [0.1, 0.15) is 32.6 Å². The van der Waals surface area contributed by atoms with Crippen molar-refractivity contribution in [2.24, 2.45) is 0 Å². The van der Waals surface area contributed by atoms with E-state index >= 15 is 0 Å². The van der Waals surface area contributed by atoms with Crippen molar-refractivity contribution >= 4 is 23.5 Å². The molecule has 1 fully saturated rings. The van der Waals surface area contributed by atoms with Crippen molar-refractivity contribution in [2.75, 3.05) is 62.8 Å². The van der Waals surface area contributed by atoms with Crippen molar-refractivity contribution in [3.8, 4) is 0 Å². The summed E-state index contributed by atoms with van der Waals surface area (Å²) in [6.07, 6.45) is 5.38. The molecule has 0 atom stereocenters. The van der Waals surface area contributed by atoms with Gasteiger partial charge in [-0.2, -0.15) is 23.5 Å². The van der Waals surface area contributed by atoms with Gasteiger partial charge in [0.25, 0.3) is 0 Å². The van der Waals surface area contributed by atoms with Crippen molar-refractivity contribution in [1.29, 1.82) is 0 Å². The molecule has 187 valence electrons. The van der Waals surface area contributed by atoms with Gasteiger partial charge in [0.15, 0.2) is 0 Å². The Morgan fingerprint density at radius 2 is 1.13 bits per heavy atom. The number of nitrogens with zero attached hydrogens (tertiary/aromatic N) is 2. The maximum absolute atomic E-state index is 8.49. The van der Waals surface area contributed by atoms with Gasteiger partial charge in [-0.05, 0) is 57.5 Å². The van der Waals surface area contributed by atoms with E-state index in [0.717, 1.165) is 0 Å². The summed E-state index contributed by atoms with van der Waals surface area (Å²) in [5, 5.41) is 0. The van der Waals surface area contributed by atoms with Crippen LogP contribution in [-0.4, -0.2) is 72.6 Å². The summed E-state index contributed by atoms with van der Waals surface area (Å²) in [4.78, 5) is 5.20. The number of thioether (sulfide) groups is 2. The standard InChI is InChI=1S/C15H32N2S2.2ClHO4.Cu/c1-3-4-8-17-9-6-13-19-15-14-18-12-5-7-16(2)10-11-17;2*2-1(3,4)5;/h3-15H2,1-2H3;2*(H,2,3,4,5);/q;;;+2/p-2. The second-order valence-electron chi connectivity index (χ2n) is 6.19. The summed E-state index contributed by atoms with van der Waals surface area (Å²) in [6.45, 7) is 8.65. The maximum atomic E-state index is 8.49. The van der Waals surface area contributed by atoms with Crippen LogP contribution < -0.4 is 37.3 Å².